The molecule has 0 aliphatic rings. The Kier molecular flexibility index (Phi) is 8.44. The van der Waals surface area contributed by atoms with Crippen molar-refractivity contribution in [2.45, 2.75) is 70.9 Å². The zero-order valence-electron chi connectivity index (χ0n) is 9.62. The Hall–Kier alpha value is 0.0769. The van der Waals surface area contributed by atoms with Gasteiger partial charge in [-0.15, -0.1) is 0 Å². The molecular formula is C11H24F2Si. The van der Waals surface area contributed by atoms with Crippen molar-refractivity contribution in [2.24, 2.45) is 0 Å². The second-order valence-corrected chi connectivity index (χ2v) is 6.94. The molecule has 0 fully saturated rings. The van der Waals surface area contributed by atoms with Crippen LogP contribution in [0.2, 0.25) is 12.6 Å². The molecule has 86 valence electrons. The number of halogens is 2. The zero-order chi connectivity index (χ0) is 10.9. The van der Waals surface area contributed by atoms with Gasteiger partial charge in [-0.2, -0.15) is 0 Å². The Labute approximate surface area is 88.4 Å². The molecule has 3 heteroatoms. The topological polar surface area (TPSA) is 0 Å². The van der Waals surface area contributed by atoms with E-state index < -0.39 is 8.74 Å². The molecule has 0 aromatic heterocycles. The molecule has 0 amide bonds. The summed E-state index contributed by atoms with van der Waals surface area (Å²) in [6.07, 6.45) is 9.31. The third-order valence-electron chi connectivity index (χ3n) is 2.47. The first-order chi connectivity index (χ1) is 6.56. The lowest BCUT2D eigenvalue weighted by atomic mass is 10.1. The Morgan fingerprint density at radius 3 is 1.64 bits per heavy atom. The first-order valence-electron chi connectivity index (χ1n) is 5.94. The van der Waals surface area contributed by atoms with Crippen molar-refractivity contribution < 1.29 is 8.22 Å². The van der Waals surface area contributed by atoms with E-state index in [1.807, 2.05) is 0 Å². The minimum absolute atomic E-state index is 0.196. The summed E-state index contributed by atoms with van der Waals surface area (Å²) in [6, 6.07) is 0.196. The van der Waals surface area contributed by atoms with Crippen LogP contribution < -0.4 is 0 Å². The van der Waals surface area contributed by atoms with Crippen molar-refractivity contribution >= 4 is 8.74 Å². The summed E-state index contributed by atoms with van der Waals surface area (Å²) in [4.78, 5) is 0. The van der Waals surface area contributed by atoms with Crippen molar-refractivity contribution in [3.05, 3.63) is 0 Å². The molecule has 0 unspecified atom stereocenters. The van der Waals surface area contributed by atoms with Crippen molar-refractivity contribution in [3.8, 4) is 0 Å². The number of unbranched alkanes of at least 4 members (excludes halogenated alkanes) is 7. The predicted molar refractivity (Wildman–Crippen MR) is 61.3 cm³/mol. The molecule has 0 rings (SSSR count). The van der Waals surface area contributed by atoms with Crippen LogP contribution in [0.15, 0.2) is 0 Å². The van der Waals surface area contributed by atoms with Gasteiger partial charge in [0.05, 0.1) is 0 Å². The highest BCUT2D eigenvalue weighted by Crippen LogP contribution is 2.18. The van der Waals surface area contributed by atoms with Crippen LogP contribution in [-0.2, 0) is 0 Å². The molecule has 0 radical (unpaired) electrons. The van der Waals surface area contributed by atoms with Crippen LogP contribution in [0.25, 0.3) is 0 Å². The molecule has 0 aromatic carbocycles. The minimum Gasteiger partial charge on any atom is -0.271 e. The SMILES string of the molecule is CCCCCCCCCC[Si](C)(F)F. The van der Waals surface area contributed by atoms with Crippen molar-refractivity contribution in [3.63, 3.8) is 0 Å². The van der Waals surface area contributed by atoms with Gasteiger partial charge in [0.1, 0.15) is 0 Å². The Bertz CT molecular complexity index is 121. The van der Waals surface area contributed by atoms with Crippen LogP contribution in [0.4, 0.5) is 8.22 Å². The van der Waals surface area contributed by atoms with Crippen molar-refractivity contribution in [2.75, 3.05) is 0 Å². The lowest BCUT2D eigenvalue weighted by Gasteiger charge is -2.05. The van der Waals surface area contributed by atoms with Crippen molar-refractivity contribution in [1.29, 1.82) is 0 Å². The van der Waals surface area contributed by atoms with Gasteiger partial charge in [-0.25, -0.2) is 0 Å². The standard InChI is InChI=1S/C11H24F2Si/c1-3-4-5-6-7-8-9-10-11-14(2,12)13/h3-11H2,1-2H3. The molecule has 0 heterocycles. The minimum atomic E-state index is -3.74. The van der Waals surface area contributed by atoms with Gasteiger partial charge in [0.15, 0.2) is 0 Å². The van der Waals surface area contributed by atoms with Gasteiger partial charge < -0.3 is 0 Å². The van der Waals surface area contributed by atoms with Gasteiger partial charge in [0.2, 0.25) is 0 Å². The number of hydrogen-bond donors (Lipinski definition) is 0. The highest BCUT2D eigenvalue weighted by Gasteiger charge is 2.26. The smallest absolute Gasteiger partial charge is 0.271 e. The summed E-state index contributed by atoms with van der Waals surface area (Å²) < 4.78 is 25.1. The van der Waals surface area contributed by atoms with Crippen molar-refractivity contribution in [1.82, 2.24) is 0 Å². The van der Waals surface area contributed by atoms with Gasteiger partial charge in [-0.05, 0) is 12.6 Å². The summed E-state index contributed by atoms with van der Waals surface area (Å²) in [7, 11) is -3.74. The fourth-order valence-corrected chi connectivity index (χ4v) is 2.44. The van der Waals surface area contributed by atoms with E-state index in [-0.39, 0.29) is 6.04 Å². The molecule has 0 atom stereocenters. The maximum Gasteiger partial charge on any atom is 0.422 e. The molecular weight excluding hydrogens is 198 g/mol. The average Bonchev–Trinajstić information content (AvgIpc) is 2.08. The van der Waals surface area contributed by atoms with Gasteiger partial charge in [0, 0.05) is 0 Å². The van der Waals surface area contributed by atoms with E-state index in [2.05, 4.69) is 6.92 Å². The van der Waals surface area contributed by atoms with Gasteiger partial charge in [-0.3, -0.25) is 8.22 Å². The van der Waals surface area contributed by atoms with E-state index in [9.17, 15) is 8.22 Å². The van der Waals surface area contributed by atoms with Gasteiger partial charge >= 0.3 is 8.74 Å². The second kappa shape index (κ2) is 8.39. The molecule has 0 N–H and O–H groups in total. The predicted octanol–water partition coefficient (Wildman–Crippen LogP) is 5.14. The lowest BCUT2D eigenvalue weighted by Crippen LogP contribution is -2.15. The van der Waals surface area contributed by atoms with Crippen LogP contribution in [0, 0.1) is 0 Å². The van der Waals surface area contributed by atoms with E-state index in [4.69, 9.17) is 0 Å². The third-order valence-corrected chi connectivity index (χ3v) is 3.70. The van der Waals surface area contributed by atoms with E-state index in [0.717, 1.165) is 25.8 Å². The average molecular weight is 222 g/mol. The lowest BCUT2D eigenvalue weighted by molar-refractivity contribution is 0.560. The summed E-state index contributed by atoms with van der Waals surface area (Å²) in [6.45, 7) is 3.35. The van der Waals surface area contributed by atoms with E-state index in [0.29, 0.717) is 0 Å². The maximum absolute atomic E-state index is 12.5. The Balaban J connectivity index is 2.99. The van der Waals surface area contributed by atoms with E-state index in [1.165, 1.54) is 32.1 Å². The molecule has 0 saturated heterocycles. The summed E-state index contributed by atoms with van der Waals surface area (Å²) >= 11 is 0. The molecule has 14 heavy (non-hydrogen) atoms. The zero-order valence-corrected chi connectivity index (χ0v) is 10.6. The van der Waals surface area contributed by atoms with E-state index in [1.54, 1.807) is 0 Å². The fourth-order valence-electron chi connectivity index (χ4n) is 1.57. The molecule has 0 aromatic rings. The maximum atomic E-state index is 12.5. The normalized spacial score (nSPS) is 12.0. The monoisotopic (exact) mass is 222 g/mol. The third kappa shape index (κ3) is 12.1. The first-order valence-corrected chi connectivity index (χ1v) is 8.40. The van der Waals surface area contributed by atoms with Crippen LogP contribution in [0.1, 0.15) is 58.3 Å². The summed E-state index contributed by atoms with van der Waals surface area (Å²) in [5.74, 6) is 0. The quantitative estimate of drug-likeness (QED) is 0.288. The molecule has 0 aliphatic carbocycles. The molecule has 0 aliphatic heterocycles. The first kappa shape index (κ1) is 14.1. The van der Waals surface area contributed by atoms with Crippen LogP contribution in [0.3, 0.4) is 0 Å². The molecule has 0 saturated carbocycles. The molecule has 0 bridgehead atoms. The Morgan fingerprint density at radius 2 is 1.21 bits per heavy atom. The molecule has 0 spiro atoms. The fraction of sp³-hybridized carbons (Fsp3) is 1.00. The van der Waals surface area contributed by atoms with Crippen LogP contribution >= 0.6 is 0 Å². The van der Waals surface area contributed by atoms with Gasteiger partial charge in [0.25, 0.3) is 0 Å². The number of hydrogen-bond acceptors (Lipinski definition) is 0. The van der Waals surface area contributed by atoms with Gasteiger partial charge in [-0.1, -0.05) is 58.3 Å². The Morgan fingerprint density at radius 1 is 0.786 bits per heavy atom. The van der Waals surface area contributed by atoms with Crippen LogP contribution in [-0.4, -0.2) is 8.74 Å². The summed E-state index contributed by atoms with van der Waals surface area (Å²) in [5.41, 5.74) is 0. The number of rotatable bonds is 9. The molecule has 0 nitrogen and oxygen atoms in total. The van der Waals surface area contributed by atoms with Crippen LogP contribution in [0.5, 0.6) is 0 Å². The summed E-state index contributed by atoms with van der Waals surface area (Å²) in [5, 5.41) is 0. The highest BCUT2D eigenvalue weighted by atomic mass is 28.4. The highest BCUT2D eigenvalue weighted by molar-refractivity contribution is 6.64. The largest absolute Gasteiger partial charge is 0.422 e. The van der Waals surface area contributed by atoms with E-state index >= 15 is 0 Å². The second-order valence-electron chi connectivity index (χ2n) is 4.30.